The molecule has 6 rings (SSSR count). The summed E-state index contributed by atoms with van der Waals surface area (Å²) in [6, 6.07) is 14.4. The molecule has 0 atom stereocenters. The highest BCUT2D eigenvalue weighted by Crippen LogP contribution is 2.41. The van der Waals surface area contributed by atoms with Crippen molar-refractivity contribution in [3.63, 3.8) is 0 Å². The fraction of sp³-hybridized carbons (Fsp3) is 0.154. The first-order valence-electron chi connectivity index (χ1n) is 10.8. The highest BCUT2D eigenvalue weighted by atomic mass is 19.1. The number of benzene rings is 2. The van der Waals surface area contributed by atoms with E-state index in [9.17, 15) is 9.18 Å². The number of anilines is 1. The molecule has 3 aromatic heterocycles. The molecule has 5 aromatic rings. The van der Waals surface area contributed by atoms with Crippen molar-refractivity contribution in [2.24, 2.45) is 0 Å². The number of carbonyl (C=O) groups excluding carboxylic acids is 1. The van der Waals surface area contributed by atoms with Crippen molar-refractivity contribution in [3.05, 3.63) is 66.2 Å². The molecule has 0 saturated heterocycles. The third-order valence-corrected chi connectivity index (χ3v) is 6.26. The maximum absolute atomic E-state index is 14.5. The Morgan fingerprint density at radius 3 is 2.79 bits per heavy atom. The van der Waals surface area contributed by atoms with Gasteiger partial charge in [-0.15, -0.1) is 0 Å². The molecule has 1 amide bonds. The number of carbonyl (C=O) groups is 1. The van der Waals surface area contributed by atoms with Gasteiger partial charge in [0.15, 0.2) is 6.73 Å². The van der Waals surface area contributed by atoms with Gasteiger partial charge in [0.25, 0.3) is 5.91 Å². The number of nitrogens with one attached hydrogen (secondary N) is 1. The lowest BCUT2D eigenvalue weighted by molar-refractivity contribution is 0.0964. The number of ether oxygens (including phenoxy) is 1. The van der Waals surface area contributed by atoms with Gasteiger partial charge in [0.1, 0.15) is 29.1 Å². The molecule has 34 heavy (non-hydrogen) atoms. The van der Waals surface area contributed by atoms with Gasteiger partial charge >= 0.3 is 0 Å². The maximum atomic E-state index is 14.5. The summed E-state index contributed by atoms with van der Waals surface area (Å²) in [6.07, 6.45) is 1.47. The van der Waals surface area contributed by atoms with E-state index in [1.54, 1.807) is 13.1 Å². The van der Waals surface area contributed by atoms with Crippen LogP contribution in [-0.4, -0.2) is 36.6 Å². The largest absolute Gasteiger partial charge is 0.470 e. The number of fused-ring (bicyclic) bond motifs is 6. The molecule has 0 bridgehead atoms. The van der Waals surface area contributed by atoms with Crippen molar-refractivity contribution in [2.45, 2.75) is 6.73 Å². The third kappa shape index (κ3) is 2.88. The van der Waals surface area contributed by atoms with Crippen LogP contribution in [0.15, 0.2) is 59.2 Å². The molecule has 4 heterocycles. The average molecular weight is 456 g/mol. The number of hydrogen-bond donors (Lipinski definition) is 1. The first-order chi connectivity index (χ1) is 16.5. The van der Waals surface area contributed by atoms with Crippen LogP contribution in [0.5, 0.6) is 5.75 Å². The molecule has 170 valence electrons. The van der Waals surface area contributed by atoms with Crippen LogP contribution in [0.4, 0.5) is 10.1 Å². The average Bonchev–Trinajstić information content (AvgIpc) is 3.44. The van der Waals surface area contributed by atoms with E-state index in [0.29, 0.717) is 39.1 Å². The predicted octanol–water partition coefficient (Wildman–Crippen LogP) is 5.03. The summed E-state index contributed by atoms with van der Waals surface area (Å²) >= 11 is 0. The zero-order valence-electron chi connectivity index (χ0n) is 18.8. The van der Waals surface area contributed by atoms with Crippen LogP contribution in [-0.2, 0) is 6.73 Å². The Kier molecular flexibility index (Phi) is 4.38. The van der Waals surface area contributed by atoms with Crippen LogP contribution in [0, 0.1) is 5.82 Å². The summed E-state index contributed by atoms with van der Waals surface area (Å²) in [5.41, 5.74) is 5.71. The van der Waals surface area contributed by atoms with Crippen molar-refractivity contribution in [1.82, 2.24) is 14.9 Å². The van der Waals surface area contributed by atoms with Crippen LogP contribution in [0.1, 0.15) is 10.4 Å². The monoisotopic (exact) mass is 456 g/mol. The van der Waals surface area contributed by atoms with Crippen LogP contribution in [0.25, 0.3) is 44.5 Å². The SMILES string of the molecule is CNC(=O)c1coc2cc(N(C)C)c(-c3ccc4c(n3)-c3cc5c(F)cccc5n3CO4)cc12. The minimum atomic E-state index is -0.279. The summed E-state index contributed by atoms with van der Waals surface area (Å²) in [4.78, 5) is 19.3. The molecule has 0 spiro atoms. The lowest BCUT2D eigenvalue weighted by atomic mass is 10.0. The fourth-order valence-corrected chi connectivity index (χ4v) is 4.56. The third-order valence-electron chi connectivity index (χ3n) is 6.26. The van der Waals surface area contributed by atoms with Crippen LogP contribution >= 0.6 is 0 Å². The lowest BCUT2D eigenvalue weighted by Gasteiger charge is -2.22. The van der Waals surface area contributed by atoms with E-state index in [0.717, 1.165) is 22.5 Å². The number of furan rings is 1. The minimum Gasteiger partial charge on any atom is -0.470 e. The Morgan fingerprint density at radius 1 is 1.15 bits per heavy atom. The summed E-state index contributed by atoms with van der Waals surface area (Å²) in [5.74, 6) is 0.140. The van der Waals surface area contributed by atoms with Gasteiger partial charge in [-0.2, -0.15) is 0 Å². The normalized spacial score (nSPS) is 12.4. The number of amides is 1. The molecule has 0 radical (unpaired) electrons. The smallest absolute Gasteiger partial charge is 0.254 e. The molecule has 8 heteroatoms. The lowest BCUT2D eigenvalue weighted by Crippen LogP contribution is -2.17. The van der Waals surface area contributed by atoms with Gasteiger partial charge in [-0.25, -0.2) is 9.37 Å². The van der Waals surface area contributed by atoms with Gasteiger partial charge in [0.2, 0.25) is 0 Å². The predicted molar refractivity (Wildman–Crippen MR) is 129 cm³/mol. The maximum Gasteiger partial charge on any atom is 0.254 e. The van der Waals surface area contributed by atoms with Gasteiger partial charge in [-0.1, -0.05) is 6.07 Å². The van der Waals surface area contributed by atoms with E-state index >= 15 is 0 Å². The molecule has 7 nitrogen and oxygen atoms in total. The second-order valence-electron chi connectivity index (χ2n) is 8.44. The number of halogens is 1. The number of rotatable bonds is 3. The molecule has 0 saturated carbocycles. The molecular weight excluding hydrogens is 435 g/mol. The van der Waals surface area contributed by atoms with E-state index in [2.05, 4.69) is 5.32 Å². The Morgan fingerprint density at radius 2 is 2.00 bits per heavy atom. The van der Waals surface area contributed by atoms with Crippen LogP contribution < -0.4 is 15.0 Å². The van der Waals surface area contributed by atoms with E-state index in [1.807, 2.05) is 60.0 Å². The first-order valence-corrected chi connectivity index (χ1v) is 10.8. The van der Waals surface area contributed by atoms with Gasteiger partial charge in [0, 0.05) is 49.2 Å². The second kappa shape index (κ2) is 7.34. The van der Waals surface area contributed by atoms with Crippen molar-refractivity contribution >= 4 is 33.5 Å². The topological polar surface area (TPSA) is 72.5 Å². The summed E-state index contributed by atoms with van der Waals surface area (Å²) in [6.45, 7) is 0.287. The van der Waals surface area contributed by atoms with Crippen molar-refractivity contribution in [2.75, 3.05) is 26.0 Å². The summed E-state index contributed by atoms with van der Waals surface area (Å²) in [7, 11) is 5.47. The van der Waals surface area contributed by atoms with Gasteiger partial charge in [0.05, 0.1) is 22.5 Å². The number of nitrogens with zero attached hydrogens (tertiary/aromatic N) is 3. The highest BCUT2D eigenvalue weighted by Gasteiger charge is 2.24. The van der Waals surface area contributed by atoms with Gasteiger partial charge in [-0.3, -0.25) is 4.79 Å². The Balaban J connectivity index is 1.58. The Hall–Kier alpha value is -4.33. The molecule has 1 aliphatic heterocycles. The molecule has 1 N–H and O–H groups in total. The molecule has 0 unspecified atom stereocenters. The van der Waals surface area contributed by atoms with Gasteiger partial charge < -0.3 is 23.9 Å². The molecule has 2 aromatic carbocycles. The Bertz CT molecular complexity index is 1620. The quantitative estimate of drug-likeness (QED) is 0.412. The zero-order valence-corrected chi connectivity index (χ0v) is 18.8. The summed E-state index contributed by atoms with van der Waals surface area (Å²) < 4.78 is 28.0. The van der Waals surface area contributed by atoms with Crippen LogP contribution in [0.2, 0.25) is 0 Å². The van der Waals surface area contributed by atoms with Crippen molar-refractivity contribution in [3.8, 4) is 28.4 Å². The van der Waals surface area contributed by atoms with Crippen LogP contribution in [0.3, 0.4) is 0 Å². The zero-order chi connectivity index (χ0) is 23.6. The van der Waals surface area contributed by atoms with E-state index in [-0.39, 0.29) is 18.5 Å². The first kappa shape index (κ1) is 20.3. The fourth-order valence-electron chi connectivity index (χ4n) is 4.56. The van der Waals surface area contributed by atoms with E-state index < -0.39 is 0 Å². The van der Waals surface area contributed by atoms with E-state index in [1.165, 1.54) is 12.3 Å². The Labute approximate surface area is 194 Å². The van der Waals surface area contributed by atoms with Gasteiger partial charge in [-0.05, 0) is 36.4 Å². The van der Waals surface area contributed by atoms with Crippen molar-refractivity contribution < 1.29 is 18.3 Å². The highest BCUT2D eigenvalue weighted by molar-refractivity contribution is 6.08. The molecule has 1 aliphatic rings. The second-order valence-corrected chi connectivity index (χ2v) is 8.44. The number of aromatic nitrogens is 2. The molecular formula is C26H21FN4O3. The molecule has 0 aliphatic carbocycles. The summed E-state index contributed by atoms with van der Waals surface area (Å²) in [5, 5.41) is 3.88. The minimum absolute atomic E-state index is 0.222. The number of pyridine rings is 1. The van der Waals surface area contributed by atoms with Crippen molar-refractivity contribution in [1.29, 1.82) is 0 Å². The van der Waals surface area contributed by atoms with E-state index in [4.69, 9.17) is 14.1 Å². The molecule has 0 fully saturated rings. The number of hydrogen-bond acceptors (Lipinski definition) is 5. The standard InChI is InChI=1S/C26H21FN4O3/c1-28-26(32)17-12-33-24-11-21(30(2)3)16(9-14(17)24)19-7-8-23-25(29-19)22-10-15-18(27)5-4-6-20(15)31(22)13-34-23/h4-12H,13H2,1-3H3,(H,28,32).